The lowest BCUT2D eigenvalue weighted by Crippen LogP contribution is -2.37. The Kier molecular flexibility index (Phi) is 10.4. The van der Waals surface area contributed by atoms with E-state index in [0.717, 1.165) is 44.7 Å². The Morgan fingerprint density at radius 1 is 0.848 bits per heavy atom. The summed E-state index contributed by atoms with van der Waals surface area (Å²) in [5, 5.41) is 18.7. The van der Waals surface area contributed by atoms with Crippen molar-refractivity contribution in [1.82, 2.24) is 20.9 Å². The largest absolute Gasteiger partial charge is 0.508 e. The van der Waals surface area contributed by atoms with Crippen LogP contribution in [0.25, 0.3) is 0 Å². The zero-order valence-corrected chi connectivity index (χ0v) is 19.3. The van der Waals surface area contributed by atoms with Crippen molar-refractivity contribution in [2.24, 2.45) is 0 Å². The fraction of sp³-hybridized carbons (Fsp3) is 0.462. The Morgan fingerprint density at radius 3 is 2.39 bits per heavy atom. The fourth-order valence-corrected chi connectivity index (χ4v) is 3.94. The van der Waals surface area contributed by atoms with Crippen molar-refractivity contribution >= 4 is 11.7 Å². The van der Waals surface area contributed by atoms with Crippen molar-refractivity contribution < 1.29 is 14.7 Å². The van der Waals surface area contributed by atoms with E-state index in [2.05, 4.69) is 20.9 Å². The van der Waals surface area contributed by atoms with Gasteiger partial charge in [-0.2, -0.15) is 0 Å². The molecule has 0 radical (unpaired) electrons. The number of nitrogens with one attached hydrogen (secondary N) is 3. The number of carbonyl (C=O) groups excluding carboxylic acids is 2. The Morgan fingerprint density at radius 2 is 1.61 bits per heavy atom. The molecule has 1 aliphatic rings. The van der Waals surface area contributed by atoms with Crippen molar-refractivity contribution in [3.05, 3.63) is 65.2 Å². The van der Waals surface area contributed by atoms with Gasteiger partial charge in [0.2, 0.25) is 0 Å². The van der Waals surface area contributed by atoms with Gasteiger partial charge in [0, 0.05) is 37.3 Å². The molecule has 1 heterocycles. The summed E-state index contributed by atoms with van der Waals surface area (Å²) in [7, 11) is 0. The van der Waals surface area contributed by atoms with Crippen LogP contribution in [-0.4, -0.2) is 74.1 Å². The smallest absolute Gasteiger partial charge is 0.251 e. The van der Waals surface area contributed by atoms with E-state index >= 15 is 0 Å². The van der Waals surface area contributed by atoms with Crippen molar-refractivity contribution in [1.29, 1.82) is 0 Å². The molecule has 0 bridgehead atoms. The number of hydrogen-bond acceptors (Lipinski definition) is 6. The van der Waals surface area contributed by atoms with Crippen molar-refractivity contribution in [3.63, 3.8) is 0 Å². The number of phenolic OH excluding ortho intramolecular Hbond substituents is 1. The number of ketones is 1. The molecule has 0 saturated carbocycles. The number of amides is 1. The van der Waals surface area contributed by atoms with Crippen LogP contribution in [0.3, 0.4) is 0 Å². The number of hydrogen-bond donors (Lipinski definition) is 4. The van der Waals surface area contributed by atoms with E-state index < -0.39 is 0 Å². The Bertz CT molecular complexity index is 879. The number of aromatic hydroxyl groups is 1. The van der Waals surface area contributed by atoms with Gasteiger partial charge in [-0.3, -0.25) is 9.59 Å². The van der Waals surface area contributed by atoms with Crippen LogP contribution in [0.5, 0.6) is 5.75 Å². The van der Waals surface area contributed by atoms with E-state index in [1.54, 1.807) is 36.4 Å². The summed E-state index contributed by atoms with van der Waals surface area (Å²) in [4.78, 5) is 27.4. The lowest BCUT2D eigenvalue weighted by molar-refractivity contribution is 0.0954. The molecule has 4 N–H and O–H groups in total. The minimum atomic E-state index is -0.178. The number of carbonyl (C=O) groups is 2. The molecule has 0 atom stereocenters. The van der Waals surface area contributed by atoms with Gasteiger partial charge in [0.1, 0.15) is 5.75 Å². The highest BCUT2D eigenvalue weighted by atomic mass is 16.3. The van der Waals surface area contributed by atoms with Gasteiger partial charge in [-0.25, -0.2) is 0 Å². The predicted molar refractivity (Wildman–Crippen MR) is 131 cm³/mol. The molecular weight excluding hydrogens is 416 g/mol. The van der Waals surface area contributed by atoms with Gasteiger partial charge >= 0.3 is 0 Å². The van der Waals surface area contributed by atoms with Crippen LogP contribution in [0, 0.1) is 0 Å². The topological polar surface area (TPSA) is 93.7 Å². The summed E-state index contributed by atoms with van der Waals surface area (Å²) < 4.78 is 0. The molecule has 0 aliphatic carbocycles. The first-order chi connectivity index (χ1) is 16.1. The number of rotatable bonds is 13. The zero-order valence-electron chi connectivity index (χ0n) is 19.3. The maximum absolute atomic E-state index is 12.5. The lowest BCUT2D eigenvalue weighted by Gasteiger charge is -2.26. The quantitative estimate of drug-likeness (QED) is 0.275. The van der Waals surface area contributed by atoms with Gasteiger partial charge in [-0.1, -0.05) is 30.7 Å². The summed E-state index contributed by atoms with van der Waals surface area (Å²) in [6.07, 6.45) is 4.71. The highest BCUT2D eigenvalue weighted by molar-refractivity contribution is 6.01. The van der Waals surface area contributed by atoms with Crippen LogP contribution >= 0.6 is 0 Å². The van der Waals surface area contributed by atoms with E-state index in [1.165, 1.54) is 19.3 Å². The van der Waals surface area contributed by atoms with Gasteiger partial charge in [-0.05, 0) is 68.7 Å². The number of likely N-dealkylation sites (tertiary alicyclic amines) is 1. The minimum absolute atomic E-state index is 0.000749. The molecule has 0 unspecified atom stereocenters. The molecule has 1 saturated heterocycles. The molecule has 7 nitrogen and oxygen atoms in total. The molecule has 33 heavy (non-hydrogen) atoms. The summed E-state index contributed by atoms with van der Waals surface area (Å²) in [5.41, 5.74) is 2.20. The molecule has 3 rings (SSSR count). The van der Waals surface area contributed by atoms with Gasteiger partial charge in [-0.15, -0.1) is 0 Å². The predicted octanol–water partition coefficient (Wildman–Crippen LogP) is 2.21. The summed E-state index contributed by atoms with van der Waals surface area (Å²) in [6, 6.07) is 14.1. The van der Waals surface area contributed by atoms with Crippen LogP contribution in [0.2, 0.25) is 0 Å². The van der Waals surface area contributed by atoms with Crippen LogP contribution in [-0.2, 0) is 6.42 Å². The van der Waals surface area contributed by atoms with Crippen molar-refractivity contribution in [2.45, 2.75) is 25.7 Å². The molecule has 7 heteroatoms. The molecule has 0 spiro atoms. The highest BCUT2D eigenvalue weighted by Crippen LogP contribution is 2.10. The third-order valence-corrected chi connectivity index (χ3v) is 5.90. The number of nitrogens with zero attached hydrogens (tertiary/aromatic N) is 1. The molecule has 178 valence electrons. The average molecular weight is 453 g/mol. The molecule has 1 aliphatic heterocycles. The first-order valence-electron chi connectivity index (χ1n) is 11.9. The van der Waals surface area contributed by atoms with Gasteiger partial charge < -0.3 is 26.0 Å². The maximum Gasteiger partial charge on any atom is 0.251 e. The maximum atomic E-state index is 12.5. The zero-order chi connectivity index (χ0) is 23.3. The number of phenols is 1. The second-order valence-electron chi connectivity index (χ2n) is 8.51. The normalized spacial score (nSPS) is 14.2. The van der Waals surface area contributed by atoms with E-state index in [-0.39, 0.29) is 24.0 Å². The van der Waals surface area contributed by atoms with Crippen LogP contribution in [0.4, 0.5) is 0 Å². The Labute approximate surface area is 196 Å². The van der Waals surface area contributed by atoms with E-state index in [4.69, 9.17) is 0 Å². The van der Waals surface area contributed by atoms with Gasteiger partial charge in [0.15, 0.2) is 5.78 Å². The molecule has 1 fully saturated rings. The lowest BCUT2D eigenvalue weighted by atomic mass is 10.1. The second-order valence-corrected chi connectivity index (χ2v) is 8.51. The highest BCUT2D eigenvalue weighted by Gasteiger charge is 2.12. The van der Waals surface area contributed by atoms with E-state index in [9.17, 15) is 14.7 Å². The summed E-state index contributed by atoms with van der Waals surface area (Å²) >= 11 is 0. The molecular formula is C26H36N4O3. The fourth-order valence-electron chi connectivity index (χ4n) is 3.94. The standard InChI is InChI=1S/C26H36N4O3/c31-24-9-7-21(8-10-24)11-12-27-13-14-29-26(33)23-6-4-5-22(19-23)25(32)20-28-15-18-30-16-2-1-3-17-30/h4-10,19,27-28,31H,1-3,11-18,20H2,(H,29,33). The summed E-state index contributed by atoms with van der Waals surface area (Å²) in [6.45, 7) is 6.30. The Hall–Kier alpha value is -2.74. The van der Waals surface area contributed by atoms with Crippen molar-refractivity contribution in [2.75, 3.05) is 52.4 Å². The van der Waals surface area contributed by atoms with Crippen LogP contribution in [0.1, 0.15) is 45.5 Å². The number of benzene rings is 2. The second kappa shape index (κ2) is 13.7. The monoisotopic (exact) mass is 452 g/mol. The number of piperidine rings is 1. The van der Waals surface area contributed by atoms with Crippen LogP contribution < -0.4 is 16.0 Å². The minimum Gasteiger partial charge on any atom is -0.508 e. The average Bonchev–Trinajstić information content (AvgIpc) is 2.85. The molecule has 2 aromatic carbocycles. The third-order valence-electron chi connectivity index (χ3n) is 5.90. The van der Waals surface area contributed by atoms with Crippen molar-refractivity contribution in [3.8, 4) is 5.75 Å². The first-order valence-corrected chi connectivity index (χ1v) is 11.9. The molecule has 1 amide bonds. The van der Waals surface area contributed by atoms with E-state index in [1.807, 2.05) is 12.1 Å². The van der Waals surface area contributed by atoms with Gasteiger partial charge in [0.25, 0.3) is 5.91 Å². The van der Waals surface area contributed by atoms with Gasteiger partial charge in [0.05, 0.1) is 6.54 Å². The first kappa shape index (κ1) is 24.9. The van der Waals surface area contributed by atoms with E-state index in [0.29, 0.717) is 24.2 Å². The number of Topliss-reactive ketones (excluding diaryl/α,β-unsaturated/α-hetero) is 1. The summed E-state index contributed by atoms with van der Waals surface area (Å²) in [5.74, 6) is 0.0894. The Balaban J connectivity index is 1.31. The van der Waals surface area contributed by atoms with Crippen LogP contribution in [0.15, 0.2) is 48.5 Å². The molecule has 0 aromatic heterocycles. The molecule has 2 aromatic rings. The SMILES string of the molecule is O=C(CNCCN1CCCCC1)c1cccc(C(=O)NCCNCCc2ccc(O)cc2)c1. The third kappa shape index (κ3) is 8.96.